The monoisotopic (exact) mass is 574 g/mol. The molecule has 1 saturated heterocycles. The Kier molecular flexibility index (Phi) is 10.6. The zero-order valence-electron chi connectivity index (χ0n) is 16.2. The lowest BCUT2D eigenvalue weighted by molar-refractivity contribution is -0.301. The second-order valence-electron chi connectivity index (χ2n) is 6.15. The molecule has 2 atom stereocenters. The molecule has 1 fully saturated rings. The summed E-state index contributed by atoms with van der Waals surface area (Å²) in [7, 11) is -11.6. The van der Waals surface area contributed by atoms with Crippen LogP contribution in [0.4, 0.5) is 26.3 Å². The Morgan fingerprint density at radius 1 is 1.12 bits per heavy atom. The molecule has 11 nitrogen and oxygen atoms in total. The van der Waals surface area contributed by atoms with Gasteiger partial charge in [0.1, 0.15) is 17.2 Å². The first-order valence-corrected chi connectivity index (χ1v) is 13.8. The molecule has 2 aliphatic rings. The van der Waals surface area contributed by atoms with E-state index in [4.69, 9.17) is 31.7 Å². The summed E-state index contributed by atoms with van der Waals surface area (Å²) in [6.45, 7) is 0. The zero-order chi connectivity index (χ0) is 26.7. The third kappa shape index (κ3) is 8.79. The van der Waals surface area contributed by atoms with Gasteiger partial charge in [0.25, 0.3) is 0 Å². The van der Waals surface area contributed by atoms with Gasteiger partial charge in [0.2, 0.25) is 5.91 Å². The largest absolute Gasteiger partial charge is 0.543 e. The smallest absolute Gasteiger partial charge is 0.522 e. The SMILES string of the molecule is C[S+](C)CC1=C(C(=O)[O-])N2C(=O)C(N)[C@@H]2SC1.O=S(=O)(O)C(F)(F)F.O=S(=O)(O)C(F)(F)F. The van der Waals surface area contributed by atoms with E-state index in [0.717, 1.165) is 5.57 Å². The fourth-order valence-electron chi connectivity index (χ4n) is 2.03. The molecule has 0 bridgehead atoms. The van der Waals surface area contributed by atoms with Gasteiger partial charge in [-0.2, -0.15) is 43.2 Å². The van der Waals surface area contributed by atoms with Gasteiger partial charge >= 0.3 is 31.3 Å². The number of nitrogens with two attached hydrogens (primary N) is 1. The Bertz CT molecular complexity index is 950. The number of carbonyl (C=O) groups is 2. The highest BCUT2D eigenvalue weighted by Gasteiger charge is 2.50. The molecular weight excluding hydrogens is 558 g/mol. The lowest BCUT2D eigenvalue weighted by Crippen LogP contribution is -2.69. The van der Waals surface area contributed by atoms with Crippen molar-refractivity contribution in [3.8, 4) is 0 Å². The second kappa shape index (κ2) is 11.0. The number of carboxylic acids is 1. The van der Waals surface area contributed by atoms with Gasteiger partial charge in [-0.25, -0.2) is 0 Å². The molecule has 1 unspecified atom stereocenters. The van der Waals surface area contributed by atoms with E-state index in [9.17, 15) is 41.0 Å². The predicted molar refractivity (Wildman–Crippen MR) is 102 cm³/mol. The molecule has 21 heteroatoms. The van der Waals surface area contributed by atoms with Crippen LogP contribution < -0.4 is 10.8 Å². The maximum absolute atomic E-state index is 11.6. The van der Waals surface area contributed by atoms with E-state index in [0.29, 0.717) is 11.5 Å². The summed E-state index contributed by atoms with van der Waals surface area (Å²) in [5, 5.41) is 11.0. The molecule has 194 valence electrons. The van der Waals surface area contributed by atoms with Crippen molar-refractivity contribution in [2.45, 2.75) is 22.4 Å². The molecule has 0 aliphatic carbocycles. The number of carbonyl (C=O) groups excluding carboxylic acids is 2. The fourth-order valence-corrected chi connectivity index (χ4v) is 4.39. The lowest BCUT2D eigenvalue weighted by atomic mass is 10.0. The van der Waals surface area contributed by atoms with Crippen molar-refractivity contribution in [1.29, 1.82) is 0 Å². The number of aliphatic carboxylic acids is 1. The van der Waals surface area contributed by atoms with Crippen LogP contribution in [0.5, 0.6) is 0 Å². The average molecular weight is 575 g/mol. The first-order valence-electron chi connectivity index (χ1n) is 7.68. The molecule has 0 aromatic heterocycles. The van der Waals surface area contributed by atoms with E-state index in [-0.39, 0.29) is 27.9 Å². The maximum atomic E-state index is 11.6. The number of thioether (sulfide) groups is 1. The molecule has 0 saturated carbocycles. The minimum Gasteiger partial charge on any atom is -0.543 e. The number of amides is 1. The molecule has 2 aliphatic heterocycles. The number of β-lactam (4-membered cyclic amide) rings is 1. The Labute approximate surface area is 190 Å². The van der Waals surface area contributed by atoms with Crippen LogP contribution in [0.3, 0.4) is 0 Å². The van der Waals surface area contributed by atoms with Crippen LogP contribution in [0.2, 0.25) is 0 Å². The number of halogens is 6. The van der Waals surface area contributed by atoms with Crippen molar-refractivity contribution < 1.29 is 67.0 Å². The maximum Gasteiger partial charge on any atom is 0.522 e. The number of fused-ring (bicyclic) bond motifs is 1. The van der Waals surface area contributed by atoms with Crippen LogP contribution in [-0.4, -0.2) is 89.2 Å². The van der Waals surface area contributed by atoms with Crippen LogP contribution in [-0.2, 0) is 40.7 Å². The highest BCUT2D eigenvalue weighted by atomic mass is 32.2. The van der Waals surface area contributed by atoms with Gasteiger partial charge < -0.3 is 15.6 Å². The van der Waals surface area contributed by atoms with Crippen molar-refractivity contribution in [2.75, 3.05) is 24.0 Å². The average Bonchev–Trinajstić information content (AvgIpc) is 2.57. The number of hydrogen-bond donors (Lipinski definition) is 3. The molecular formula is C12H16F6N2O9S4. The van der Waals surface area contributed by atoms with Crippen molar-refractivity contribution >= 4 is 54.8 Å². The number of carboxylic acid groups (broad SMARTS) is 1. The number of nitrogens with zero attached hydrogens (tertiary/aromatic N) is 1. The predicted octanol–water partition coefficient (Wildman–Crippen LogP) is -1.10. The van der Waals surface area contributed by atoms with Crippen LogP contribution >= 0.6 is 11.8 Å². The van der Waals surface area contributed by atoms with Crippen LogP contribution in [0, 0.1) is 0 Å². The molecule has 0 aromatic rings. The highest BCUT2D eigenvalue weighted by molar-refractivity contribution is 8.00. The summed E-state index contributed by atoms with van der Waals surface area (Å²) >= 11 is 1.53. The van der Waals surface area contributed by atoms with Crippen molar-refractivity contribution in [1.82, 2.24) is 4.90 Å². The number of hydrogen-bond acceptors (Lipinski definition) is 9. The van der Waals surface area contributed by atoms with Gasteiger partial charge in [0.15, 0.2) is 0 Å². The van der Waals surface area contributed by atoms with Crippen LogP contribution in [0.25, 0.3) is 0 Å². The molecule has 0 aromatic carbocycles. The Morgan fingerprint density at radius 2 is 1.48 bits per heavy atom. The third-order valence-corrected chi connectivity index (χ3v) is 6.79. The van der Waals surface area contributed by atoms with Gasteiger partial charge in [0, 0.05) is 11.3 Å². The second-order valence-corrected chi connectivity index (χ2v) is 12.3. The van der Waals surface area contributed by atoms with Crippen molar-refractivity contribution in [2.24, 2.45) is 5.73 Å². The number of rotatable bonds is 3. The van der Waals surface area contributed by atoms with Crippen LogP contribution in [0.1, 0.15) is 0 Å². The molecule has 0 radical (unpaired) electrons. The molecule has 2 heterocycles. The van der Waals surface area contributed by atoms with E-state index >= 15 is 0 Å². The minimum atomic E-state index is -5.84. The fraction of sp³-hybridized carbons (Fsp3) is 0.667. The summed E-state index contributed by atoms with van der Waals surface area (Å²) in [6, 6.07) is -0.572. The van der Waals surface area contributed by atoms with E-state index in [1.54, 1.807) is 0 Å². The molecule has 4 N–H and O–H groups in total. The summed E-state index contributed by atoms with van der Waals surface area (Å²) in [6.07, 6.45) is 4.08. The zero-order valence-corrected chi connectivity index (χ0v) is 19.5. The van der Waals surface area contributed by atoms with Gasteiger partial charge in [-0.3, -0.25) is 18.8 Å². The summed E-state index contributed by atoms with van der Waals surface area (Å²) in [4.78, 5) is 24.1. The quantitative estimate of drug-likeness (QED) is 0.122. The van der Waals surface area contributed by atoms with Crippen LogP contribution in [0.15, 0.2) is 11.3 Å². The Morgan fingerprint density at radius 3 is 1.76 bits per heavy atom. The minimum absolute atomic E-state index is 0.0571. The van der Waals surface area contributed by atoms with E-state index in [1.807, 2.05) is 12.5 Å². The first-order chi connectivity index (χ1) is 14.4. The van der Waals surface area contributed by atoms with Gasteiger partial charge in [-0.05, 0) is 10.9 Å². The van der Waals surface area contributed by atoms with Gasteiger partial charge in [-0.1, -0.05) is 0 Å². The Balaban J connectivity index is 0.000000539. The Hall–Kier alpha value is -1.26. The van der Waals surface area contributed by atoms with E-state index in [1.165, 1.54) is 16.7 Å². The number of alkyl halides is 6. The summed E-state index contributed by atoms with van der Waals surface area (Å²) < 4.78 is 115. The van der Waals surface area contributed by atoms with E-state index in [2.05, 4.69) is 0 Å². The normalized spacial score (nSPS) is 21.3. The van der Waals surface area contributed by atoms with Crippen molar-refractivity contribution in [3.05, 3.63) is 11.3 Å². The molecule has 1 amide bonds. The summed E-state index contributed by atoms with van der Waals surface area (Å²) in [5.74, 6) is -0.263. The van der Waals surface area contributed by atoms with E-state index < -0.39 is 43.3 Å². The third-order valence-electron chi connectivity index (χ3n) is 3.33. The first kappa shape index (κ1) is 31.7. The van der Waals surface area contributed by atoms with Crippen molar-refractivity contribution in [3.63, 3.8) is 0 Å². The van der Waals surface area contributed by atoms with Gasteiger partial charge in [-0.15, -0.1) is 11.8 Å². The summed E-state index contributed by atoms with van der Waals surface area (Å²) in [5.41, 5.74) is -4.58. The van der Waals surface area contributed by atoms with Gasteiger partial charge in [0.05, 0.1) is 24.2 Å². The molecule has 33 heavy (non-hydrogen) atoms. The highest BCUT2D eigenvalue weighted by Crippen LogP contribution is 2.39. The lowest BCUT2D eigenvalue weighted by Gasteiger charge is -2.49. The standard InChI is InChI=1S/C10H14N2O3S2.2CHF3O3S/c1-17(2)4-5-3-16-9-6(11)8(13)12(9)7(5)10(14)15;2*2-1(3,4)8(5,6)7/h6,9H,3-4,11H2,1-2H3;2*(H,5,6,7)/t6?,9-;;/m0../s1. The molecule has 0 spiro atoms. The molecule has 2 rings (SSSR count). The topological polar surface area (TPSA) is 195 Å².